The van der Waals surface area contributed by atoms with Gasteiger partial charge in [0.05, 0.1) is 10.9 Å². The van der Waals surface area contributed by atoms with Crippen molar-refractivity contribution in [2.75, 3.05) is 5.32 Å². The Morgan fingerprint density at radius 1 is 1.31 bits per heavy atom. The van der Waals surface area contributed by atoms with E-state index in [9.17, 15) is 4.79 Å². The Balaban J connectivity index is 1.77. The molecule has 1 amide bonds. The third-order valence-corrected chi connectivity index (χ3v) is 5.88. The van der Waals surface area contributed by atoms with Crippen molar-refractivity contribution in [2.24, 2.45) is 0 Å². The Labute approximate surface area is 161 Å². The van der Waals surface area contributed by atoms with Gasteiger partial charge in [-0.25, -0.2) is 4.98 Å². The van der Waals surface area contributed by atoms with Crippen LogP contribution in [0.1, 0.15) is 25.1 Å². The van der Waals surface area contributed by atoms with E-state index in [0.29, 0.717) is 5.13 Å². The Morgan fingerprint density at radius 2 is 2.08 bits per heavy atom. The van der Waals surface area contributed by atoms with Crippen molar-refractivity contribution in [3.8, 4) is 11.4 Å². The number of carbonyl (C=O) groups is 1. The Morgan fingerprint density at radius 3 is 2.73 bits per heavy atom. The van der Waals surface area contributed by atoms with Gasteiger partial charge >= 0.3 is 0 Å². The molecule has 136 valence electrons. The molecular weight excluding hydrogens is 366 g/mol. The second-order valence-electron chi connectivity index (χ2n) is 5.91. The molecular formula is C18H21N5OS2. The number of amides is 1. The highest BCUT2D eigenvalue weighted by atomic mass is 32.2. The molecule has 6 nitrogen and oxygen atoms in total. The highest BCUT2D eigenvalue weighted by Crippen LogP contribution is 2.29. The minimum Gasteiger partial charge on any atom is -0.302 e. The van der Waals surface area contributed by atoms with Crippen molar-refractivity contribution in [3.05, 3.63) is 40.9 Å². The summed E-state index contributed by atoms with van der Waals surface area (Å²) in [6.07, 6.45) is 0. The van der Waals surface area contributed by atoms with Crippen LogP contribution >= 0.6 is 23.1 Å². The number of benzene rings is 1. The van der Waals surface area contributed by atoms with Crippen LogP contribution in [0, 0.1) is 13.8 Å². The first-order chi connectivity index (χ1) is 12.5. The quantitative estimate of drug-likeness (QED) is 0.643. The van der Waals surface area contributed by atoms with Crippen LogP contribution in [0.25, 0.3) is 11.4 Å². The van der Waals surface area contributed by atoms with E-state index in [2.05, 4.69) is 40.4 Å². The van der Waals surface area contributed by atoms with Crippen LogP contribution in [-0.4, -0.2) is 30.9 Å². The minimum atomic E-state index is -0.307. The van der Waals surface area contributed by atoms with Gasteiger partial charge in [0.25, 0.3) is 0 Å². The summed E-state index contributed by atoms with van der Waals surface area (Å²) >= 11 is 2.83. The standard InChI is InChI=1S/C18H21N5OS2/c1-5-23-15(14-9-7-6-8-11(14)2)21-22-18(23)26-13(4)16(24)20-17-19-12(3)10-25-17/h6-10,13H,5H2,1-4H3,(H,19,20,24). The maximum atomic E-state index is 12.4. The average Bonchev–Trinajstić information content (AvgIpc) is 3.21. The summed E-state index contributed by atoms with van der Waals surface area (Å²) in [4.78, 5) is 16.7. The molecule has 0 bridgehead atoms. The monoisotopic (exact) mass is 387 g/mol. The zero-order chi connectivity index (χ0) is 18.7. The molecule has 0 fully saturated rings. The van der Waals surface area contributed by atoms with Crippen molar-refractivity contribution in [1.29, 1.82) is 0 Å². The number of nitrogens with zero attached hydrogens (tertiary/aromatic N) is 4. The van der Waals surface area contributed by atoms with Crippen molar-refractivity contribution in [1.82, 2.24) is 19.7 Å². The fraction of sp³-hybridized carbons (Fsp3) is 0.333. The van der Waals surface area contributed by atoms with E-state index in [1.165, 1.54) is 23.1 Å². The summed E-state index contributed by atoms with van der Waals surface area (Å²) < 4.78 is 2.05. The van der Waals surface area contributed by atoms with Crippen molar-refractivity contribution in [3.63, 3.8) is 0 Å². The van der Waals surface area contributed by atoms with E-state index < -0.39 is 0 Å². The second kappa shape index (κ2) is 8.01. The highest BCUT2D eigenvalue weighted by molar-refractivity contribution is 8.00. The number of hydrogen-bond donors (Lipinski definition) is 1. The SMILES string of the molecule is CCn1c(SC(C)C(=O)Nc2nc(C)cs2)nnc1-c1ccccc1C. The summed E-state index contributed by atoms with van der Waals surface area (Å²) in [6, 6.07) is 8.10. The van der Waals surface area contributed by atoms with E-state index in [1.807, 2.05) is 42.0 Å². The zero-order valence-electron chi connectivity index (χ0n) is 15.2. The number of thiazole rings is 1. The molecule has 1 aromatic carbocycles. The van der Waals surface area contributed by atoms with Gasteiger partial charge in [-0.1, -0.05) is 36.0 Å². The molecule has 1 unspecified atom stereocenters. The summed E-state index contributed by atoms with van der Waals surface area (Å²) in [5.74, 6) is 0.740. The number of anilines is 1. The van der Waals surface area contributed by atoms with Crippen LogP contribution in [0.4, 0.5) is 5.13 Å². The second-order valence-corrected chi connectivity index (χ2v) is 8.07. The predicted molar refractivity (Wildman–Crippen MR) is 107 cm³/mol. The predicted octanol–water partition coefficient (Wildman–Crippen LogP) is 4.16. The van der Waals surface area contributed by atoms with Crippen LogP contribution in [0.3, 0.4) is 0 Å². The molecule has 0 aliphatic carbocycles. The first-order valence-corrected chi connectivity index (χ1v) is 10.1. The topological polar surface area (TPSA) is 72.7 Å². The van der Waals surface area contributed by atoms with Gasteiger partial charge in [0, 0.05) is 17.5 Å². The fourth-order valence-corrected chi connectivity index (χ4v) is 4.12. The Kier molecular flexibility index (Phi) is 5.73. The fourth-order valence-electron chi connectivity index (χ4n) is 2.51. The molecule has 0 radical (unpaired) electrons. The lowest BCUT2D eigenvalue weighted by Gasteiger charge is -2.12. The lowest BCUT2D eigenvalue weighted by atomic mass is 10.1. The number of hydrogen-bond acceptors (Lipinski definition) is 6. The van der Waals surface area contributed by atoms with E-state index in [-0.39, 0.29) is 11.2 Å². The molecule has 0 saturated heterocycles. The number of aryl methyl sites for hydroxylation is 2. The zero-order valence-corrected chi connectivity index (χ0v) is 16.8. The van der Waals surface area contributed by atoms with E-state index in [1.54, 1.807) is 0 Å². The molecule has 8 heteroatoms. The van der Waals surface area contributed by atoms with Crippen molar-refractivity contribution >= 4 is 34.1 Å². The van der Waals surface area contributed by atoms with E-state index in [4.69, 9.17) is 0 Å². The van der Waals surface area contributed by atoms with Gasteiger partial charge in [-0.3, -0.25) is 4.79 Å². The van der Waals surface area contributed by atoms with Gasteiger partial charge in [0.2, 0.25) is 5.91 Å². The number of thioether (sulfide) groups is 1. The minimum absolute atomic E-state index is 0.0903. The van der Waals surface area contributed by atoms with Crippen LogP contribution < -0.4 is 5.32 Å². The maximum absolute atomic E-state index is 12.4. The largest absolute Gasteiger partial charge is 0.302 e. The molecule has 26 heavy (non-hydrogen) atoms. The Bertz CT molecular complexity index is 918. The first-order valence-electron chi connectivity index (χ1n) is 8.38. The molecule has 0 aliphatic rings. The van der Waals surface area contributed by atoms with Gasteiger partial charge in [0.1, 0.15) is 0 Å². The normalized spacial score (nSPS) is 12.2. The van der Waals surface area contributed by atoms with Gasteiger partial charge in [-0.15, -0.1) is 21.5 Å². The lowest BCUT2D eigenvalue weighted by Crippen LogP contribution is -2.22. The molecule has 1 atom stereocenters. The van der Waals surface area contributed by atoms with Gasteiger partial charge in [0.15, 0.2) is 16.1 Å². The third-order valence-electron chi connectivity index (χ3n) is 3.92. The van der Waals surface area contributed by atoms with Crippen molar-refractivity contribution < 1.29 is 4.79 Å². The highest BCUT2D eigenvalue weighted by Gasteiger charge is 2.21. The van der Waals surface area contributed by atoms with Crippen molar-refractivity contribution in [2.45, 2.75) is 44.6 Å². The van der Waals surface area contributed by atoms with Crippen LogP contribution in [0.2, 0.25) is 0 Å². The molecule has 0 saturated carbocycles. The number of aromatic nitrogens is 4. The summed E-state index contributed by atoms with van der Waals surface area (Å²) in [6.45, 7) is 8.62. The molecule has 2 heterocycles. The molecule has 1 N–H and O–H groups in total. The summed E-state index contributed by atoms with van der Waals surface area (Å²) in [5.41, 5.74) is 3.11. The van der Waals surface area contributed by atoms with Gasteiger partial charge in [-0.05, 0) is 33.3 Å². The van der Waals surface area contributed by atoms with E-state index >= 15 is 0 Å². The first kappa shape index (κ1) is 18.6. The third kappa shape index (κ3) is 3.96. The smallest absolute Gasteiger partial charge is 0.239 e. The van der Waals surface area contributed by atoms with E-state index in [0.717, 1.165) is 34.3 Å². The average molecular weight is 388 g/mol. The summed E-state index contributed by atoms with van der Waals surface area (Å²) in [5, 5.41) is 14.5. The lowest BCUT2D eigenvalue weighted by molar-refractivity contribution is -0.115. The number of rotatable bonds is 6. The molecule has 0 aliphatic heterocycles. The van der Waals surface area contributed by atoms with Crippen LogP contribution in [0.15, 0.2) is 34.8 Å². The van der Waals surface area contributed by atoms with Crippen LogP contribution in [0.5, 0.6) is 0 Å². The molecule has 3 rings (SSSR count). The number of carbonyl (C=O) groups excluding carboxylic acids is 1. The molecule has 2 aromatic heterocycles. The Hall–Kier alpha value is -2.19. The molecule has 3 aromatic rings. The molecule has 0 spiro atoms. The number of nitrogens with one attached hydrogen (secondary N) is 1. The van der Waals surface area contributed by atoms with Gasteiger partial charge < -0.3 is 9.88 Å². The van der Waals surface area contributed by atoms with Crippen LogP contribution in [-0.2, 0) is 11.3 Å². The summed E-state index contributed by atoms with van der Waals surface area (Å²) in [7, 11) is 0. The maximum Gasteiger partial charge on any atom is 0.239 e. The van der Waals surface area contributed by atoms with Gasteiger partial charge in [-0.2, -0.15) is 0 Å².